The maximum absolute atomic E-state index is 11.9. The quantitative estimate of drug-likeness (QED) is 0.563. The van der Waals surface area contributed by atoms with Crippen LogP contribution >= 0.6 is 0 Å². The van der Waals surface area contributed by atoms with E-state index in [9.17, 15) is 14.4 Å². The number of nitrogens with one attached hydrogen (secondary N) is 2. The second-order valence-corrected chi connectivity index (χ2v) is 4.20. The lowest BCUT2D eigenvalue weighted by Gasteiger charge is -2.33. The Morgan fingerprint density at radius 2 is 1.76 bits per heavy atom. The molecule has 1 fully saturated rings. The summed E-state index contributed by atoms with van der Waals surface area (Å²) in [7, 11) is 0. The highest BCUT2D eigenvalue weighted by atomic mass is 16.2. The van der Waals surface area contributed by atoms with Gasteiger partial charge in [0.1, 0.15) is 5.41 Å². The molecule has 17 heavy (non-hydrogen) atoms. The molecule has 0 radical (unpaired) electrons. The zero-order chi connectivity index (χ0) is 12.9. The molecule has 0 bridgehead atoms. The number of rotatable bonds is 5. The van der Waals surface area contributed by atoms with E-state index in [2.05, 4.69) is 10.6 Å². The lowest BCUT2D eigenvalue weighted by atomic mass is 9.76. The Morgan fingerprint density at radius 1 is 1.18 bits per heavy atom. The summed E-state index contributed by atoms with van der Waals surface area (Å²) in [5, 5.41) is 4.35. The summed E-state index contributed by atoms with van der Waals surface area (Å²) in [4.78, 5) is 34.9. The summed E-state index contributed by atoms with van der Waals surface area (Å²) >= 11 is 0. The molecule has 5 heteroatoms. The number of allylic oxidation sites excluding steroid dienone is 2. The van der Waals surface area contributed by atoms with Crippen molar-refractivity contribution in [2.75, 3.05) is 0 Å². The molecule has 0 atom stereocenters. The number of hydrogen-bond acceptors (Lipinski definition) is 3. The monoisotopic (exact) mass is 238 g/mol. The molecule has 94 valence electrons. The predicted octanol–water partition coefficient (Wildman–Crippen LogP) is 1.50. The maximum Gasteiger partial charge on any atom is 0.328 e. The topological polar surface area (TPSA) is 75.3 Å². The van der Waals surface area contributed by atoms with Crippen LogP contribution in [0.5, 0.6) is 0 Å². The van der Waals surface area contributed by atoms with E-state index in [0.29, 0.717) is 12.8 Å². The number of hydrogen-bond donors (Lipinski definition) is 2. The highest BCUT2D eigenvalue weighted by Gasteiger charge is 2.48. The van der Waals surface area contributed by atoms with Crippen LogP contribution in [0.15, 0.2) is 12.2 Å². The molecule has 0 spiro atoms. The number of carbonyl (C=O) groups is 3. The largest absolute Gasteiger partial charge is 0.328 e. The third kappa shape index (κ3) is 2.72. The minimum Gasteiger partial charge on any atom is -0.277 e. The number of urea groups is 1. The van der Waals surface area contributed by atoms with Crippen LogP contribution in [0.2, 0.25) is 0 Å². The number of amides is 4. The van der Waals surface area contributed by atoms with E-state index >= 15 is 0 Å². The van der Waals surface area contributed by atoms with Crippen LogP contribution in [-0.4, -0.2) is 17.8 Å². The molecule has 1 saturated heterocycles. The van der Waals surface area contributed by atoms with Gasteiger partial charge in [0.2, 0.25) is 11.8 Å². The van der Waals surface area contributed by atoms with Crippen LogP contribution in [0, 0.1) is 5.41 Å². The second-order valence-electron chi connectivity index (χ2n) is 4.20. The molecule has 0 saturated carbocycles. The molecule has 1 heterocycles. The average Bonchev–Trinajstić information content (AvgIpc) is 2.27. The Labute approximate surface area is 101 Å². The first-order chi connectivity index (χ1) is 8.06. The molecule has 1 aliphatic rings. The zero-order valence-electron chi connectivity index (χ0n) is 10.2. The molecule has 0 aliphatic carbocycles. The van der Waals surface area contributed by atoms with Gasteiger partial charge in [0.15, 0.2) is 0 Å². The molecular weight excluding hydrogens is 220 g/mol. The molecule has 4 amide bonds. The van der Waals surface area contributed by atoms with Gasteiger partial charge < -0.3 is 0 Å². The number of unbranched alkanes of at least 4 members (excludes halogenated alkanes) is 1. The van der Waals surface area contributed by atoms with Crippen molar-refractivity contribution in [3.05, 3.63) is 12.2 Å². The number of carbonyl (C=O) groups excluding carboxylic acids is 3. The minimum atomic E-state index is -1.13. The first kappa shape index (κ1) is 13.4. The normalized spacial score (nSPS) is 19.3. The third-order valence-electron chi connectivity index (χ3n) is 2.98. The van der Waals surface area contributed by atoms with Gasteiger partial charge in [-0.1, -0.05) is 31.9 Å². The van der Waals surface area contributed by atoms with Gasteiger partial charge in [-0.3, -0.25) is 20.2 Å². The van der Waals surface area contributed by atoms with E-state index in [1.54, 1.807) is 12.2 Å². The fraction of sp³-hybridized carbons (Fsp3) is 0.583. The van der Waals surface area contributed by atoms with Crippen LogP contribution in [-0.2, 0) is 9.59 Å². The van der Waals surface area contributed by atoms with Crippen LogP contribution < -0.4 is 10.6 Å². The molecule has 2 N–H and O–H groups in total. The highest BCUT2D eigenvalue weighted by Crippen LogP contribution is 2.32. The first-order valence-electron chi connectivity index (χ1n) is 5.85. The SMILES string of the molecule is C/C=C\CC1(CCCC)C(=O)NC(=O)NC1=O. The van der Waals surface area contributed by atoms with Gasteiger partial charge in [-0.25, -0.2) is 4.79 Å². The maximum atomic E-state index is 11.9. The summed E-state index contributed by atoms with van der Waals surface area (Å²) in [5.74, 6) is -0.976. The molecule has 5 nitrogen and oxygen atoms in total. The smallest absolute Gasteiger partial charge is 0.277 e. The van der Waals surface area contributed by atoms with Gasteiger partial charge in [0.25, 0.3) is 0 Å². The van der Waals surface area contributed by atoms with Crippen molar-refractivity contribution in [2.45, 2.75) is 39.5 Å². The lowest BCUT2D eigenvalue weighted by Crippen LogP contribution is -2.62. The molecule has 0 aromatic carbocycles. The fourth-order valence-electron chi connectivity index (χ4n) is 1.89. The third-order valence-corrected chi connectivity index (χ3v) is 2.98. The Kier molecular flexibility index (Phi) is 4.43. The Morgan fingerprint density at radius 3 is 2.24 bits per heavy atom. The van der Waals surface area contributed by atoms with Crippen molar-refractivity contribution >= 4 is 17.8 Å². The summed E-state index contributed by atoms with van der Waals surface area (Å²) < 4.78 is 0. The fourth-order valence-corrected chi connectivity index (χ4v) is 1.89. The van der Waals surface area contributed by atoms with E-state index in [1.807, 2.05) is 13.8 Å². The predicted molar refractivity (Wildman–Crippen MR) is 63.1 cm³/mol. The standard InChI is InChI=1S/C12H18N2O3/c1-3-5-7-12(8-6-4-2)9(15)13-11(17)14-10(12)16/h3,5H,4,6-8H2,1-2H3,(H2,13,14,15,16,17)/b5-3-. The molecule has 0 unspecified atom stereocenters. The van der Waals surface area contributed by atoms with Crippen molar-refractivity contribution in [1.29, 1.82) is 0 Å². The van der Waals surface area contributed by atoms with Crippen molar-refractivity contribution in [2.24, 2.45) is 5.41 Å². The van der Waals surface area contributed by atoms with Crippen molar-refractivity contribution in [1.82, 2.24) is 10.6 Å². The summed E-state index contributed by atoms with van der Waals surface area (Å²) in [6, 6.07) is -0.729. The van der Waals surface area contributed by atoms with E-state index in [1.165, 1.54) is 0 Å². The lowest BCUT2D eigenvalue weighted by molar-refractivity contribution is -0.144. The van der Waals surface area contributed by atoms with Crippen molar-refractivity contribution in [3.8, 4) is 0 Å². The Hall–Kier alpha value is -1.65. The van der Waals surface area contributed by atoms with Crippen molar-refractivity contribution < 1.29 is 14.4 Å². The van der Waals surface area contributed by atoms with Gasteiger partial charge in [0, 0.05) is 0 Å². The van der Waals surface area contributed by atoms with Gasteiger partial charge in [-0.15, -0.1) is 0 Å². The second kappa shape index (κ2) is 5.61. The van der Waals surface area contributed by atoms with Crippen LogP contribution in [0.1, 0.15) is 39.5 Å². The molecule has 1 rings (SSSR count). The Bertz CT molecular complexity index is 341. The molecular formula is C12H18N2O3. The minimum absolute atomic E-state index is 0.328. The molecule has 0 aromatic rings. The van der Waals surface area contributed by atoms with Gasteiger partial charge >= 0.3 is 6.03 Å². The molecule has 1 aliphatic heterocycles. The summed E-state index contributed by atoms with van der Waals surface area (Å²) in [5.41, 5.74) is -1.13. The van der Waals surface area contributed by atoms with Gasteiger partial charge in [0.05, 0.1) is 0 Å². The number of imide groups is 2. The molecule has 0 aromatic heterocycles. The van der Waals surface area contributed by atoms with Crippen molar-refractivity contribution in [3.63, 3.8) is 0 Å². The summed E-state index contributed by atoms with van der Waals surface area (Å²) in [6.07, 6.45) is 6.03. The van der Waals surface area contributed by atoms with Crippen LogP contribution in [0.25, 0.3) is 0 Å². The first-order valence-corrected chi connectivity index (χ1v) is 5.85. The van der Waals surface area contributed by atoms with E-state index in [4.69, 9.17) is 0 Å². The Balaban J connectivity index is 2.97. The van der Waals surface area contributed by atoms with E-state index < -0.39 is 23.3 Å². The van der Waals surface area contributed by atoms with Gasteiger partial charge in [-0.2, -0.15) is 0 Å². The zero-order valence-corrected chi connectivity index (χ0v) is 10.2. The van der Waals surface area contributed by atoms with Crippen LogP contribution in [0.3, 0.4) is 0 Å². The van der Waals surface area contributed by atoms with E-state index in [-0.39, 0.29) is 0 Å². The van der Waals surface area contributed by atoms with Crippen LogP contribution in [0.4, 0.5) is 4.79 Å². The summed E-state index contributed by atoms with van der Waals surface area (Å²) in [6.45, 7) is 3.82. The number of barbiturate groups is 1. The average molecular weight is 238 g/mol. The van der Waals surface area contributed by atoms with E-state index in [0.717, 1.165) is 12.8 Å². The highest BCUT2D eigenvalue weighted by molar-refractivity contribution is 6.19. The van der Waals surface area contributed by atoms with Gasteiger partial charge in [-0.05, 0) is 19.8 Å².